The fourth-order valence-corrected chi connectivity index (χ4v) is 2.17. The van der Waals surface area contributed by atoms with Crippen LogP contribution in [0.1, 0.15) is 40.0 Å². The molecule has 1 unspecified atom stereocenters. The van der Waals surface area contributed by atoms with Crippen molar-refractivity contribution in [2.24, 2.45) is 0 Å². The molecule has 2 aromatic heterocycles. The molecule has 1 atom stereocenters. The van der Waals surface area contributed by atoms with Crippen molar-refractivity contribution in [3.8, 4) is 5.95 Å². The Morgan fingerprint density at radius 3 is 2.71 bits per heavy atom. The van der Waals surface area contributed by atoms with Gasteiger partial charge in [-0.1, -0.05) is 20.3 Å². The summed E-state index contributed by atoms with van der Waals surface area (Å²) in [7, 11) is 0. The number of aromatic nitrogens is 5. The normalized spacial score (nSPS) is 12.4. The molecule has 114 valence electrons. The van der Waals surface area contributed by atoms with E-state index in [1.807, 2.05) is 6.07 Å². The third-order valence-corrected chi connectivity index (χ3v) is 3.60. The maximum absolute atomic E-state index is 6.06. The van der Waals surface area contributed by atoms with Gasteiger partial charge in [0, 0.05) is 25.0 Å². The van der Waals surface area contributed by atoms with Gasteiger partial charge in [0.2, 0.25) is 11.2 Å². The summed E-state index contributed by atoms with van der Waals surface area (Å²) in [4.78, 5) is 15.1. The quantitative estimate of drug-likeness (QED) is 0.786. The standard InChI is InChI=1S/C14H21ClN6/c1-4-6-9-20(11(3)5-2)13-17-12(15)18-14(19-13)21-10-7-8-16-21/h7-8,10-11H,4-6,9H2,1-3H3. The van der Waals surface area contributed by atoms with E-state index in [1.54, 1.807) is 17.1 Å². The number of hydrogen-bond acceptors (Lipinski definition) is 5. The van der Waals surface area contributed by atoms with Crippen molar-refractivity contribution in [3.63, 3.8) is 0 Å². The molecule has 0 fully saturated rings. The summed E-state index contributed by atoms with van der Waals surface area (Å²) in [5, 5.41) is 4.33. The van der Waals surface area contributed by atoms with Crippen LogP contribution < -0.4 is 4.90 Å². The largest absolute Gasteiger partial charge is 0.338 e. The molecule has 0 saturated heterocycles. The monoisotopic (exact) mass is 308 g/mol. The Hall–Kier alpha value is -1.69. The smallest absolute Gasteiger partial charge is 0.256 e. The molecule has 6 nitrogen and oxygen atoms in total. The minimum Gasteiger partial charge on any atom is -0.338 e. The zero-order valence-corrected chi connectivity index (χ0v) is 13.5. The van der Waals surface area contributed by atoms with Crippen molar-refractivity contribution in [1.29, 1.82) is 0 Å². The third-order valence-electron chi connectivity index (χ3n) is 3.43. The lowest BCUT2D eigenvalue weighted by molar-refractivity contribution is 0.579. The van der Waals surface area contributed by atoms with Crippen LogP contribution in [0.5, 0.6) is 0 Å². The molecule has 7 heteroatoms. The lowest BCUT2D eigenvalue weighted by Gasteiger charge is -2.28. The van der Waals surface area contributed by atoms with Gasteiger partial charge in [-0.2, -0.15) is 20.1 Å². The summed E-state index contributed by atoms with van der Waals surface area (Å²) < 4.78 is 1.59. The van der Waals surface area contributed by atoms with E-state index < -0.39 is 0 Å². The van der Waals surface area contributed by atoms with Crippen molar-refractivity contribution in [2.45, 2.75) is 46.1 Å². The highest BCUT2D eigenvalue weighted by Gasteiger charge is 2.18. The van der Waals surface area contributed by atoms with Crippen LogP contribution in [-0.4, -0.2) is 37.3 Å². The molecular weight excluding hydrogens is 288 g/mol. The summed E-state index contributed by atoms with van der Waals surface area (Å²) in [5.41, 5.74) is 0. The zero-order chi connectivity index (χ0) is 15.2. The molecule has 0 bridgehead atoms. The Bertz CT molecular complexity index is 557. The highest BCUT2D eigenvalue weighted by molar-refractivity contribution is 6.28. The van der Waals surface area contributed by atoms with Gasteiger partial charge in [0.25, 0.3) is 5.95 Å². The first-order valence-corrected chi connectivity index (χ1v) is 7.71. The van der Waals surface area contributed by atoms with Crippen molar-refractivity contribution in [1.82, 2.24) is 24.7 Å². The van der Waals surface area contributed by atoms with Crippen molar-refractivity contribution >= 4 is 17.5 Å². The number of halogens is 1. The Morgan fingerprint density at radius 1 is 1.29 bits per heavy atom. The maximum atomic E-state index is 6.06. The van der Waals surface area contributed by atoms with Gasteiger partial charge in [-0.3, -0.25) is 0 Å². The molecule has 0 aromatic carbocycles. The minimum atomic E-state index is 0.190. The predicted molar refractivity (Wildman–Crippen MR) is 84.0 cm³/mol. The van der Waals surface area contributed by atoms with E-state index in [1.165, 1.54) is 0 Å². The summed E-state index contributed by atoms with van der Waals surface area (Å²) >= 11 is 6.06. The van der Waals surface area contributed by atoms with Gasteiger partial charge in [0.1, 0.15) is 0 Å². The highest BCUT2D eigenvalue weighted by atomic mass is 35.5. The average Bonchev–Trinajstić information content (AvgIpc) is 3.01. The summed E-state index contributed by atoms with van der Waals surface area (Å²) in [6, 6.07) is 2.17. The van der Waals surface area contributed by atoms with Crippen LogP contribution in [0.3, 0.4) is 0 Å². The summed E-state index contributed by atoms with van der Waals surface area (Å²) in [6.45, 7) is 7.40. The van der Waals surface area contributed by atoms with E-state index >= 15 is 0 Å². The minimum absolute atomic E-state index is 0.190. The van der Waals surface area contributed by atoms with Crippen LogP contribution in [0, 0.1) is 0 Å². The molecule has 2 aromatic rings. The van der Waals surface area contributed by atoms with Crippen LogP contribution in [0.25, 0.3) is 5.95 Å². The molecule has 2 heterocycles. The summed E-state index contributed by atoms with van der Waals surface area (Å²) in [6.07, 6.45) is 6.70. The second kappa shape index (κ2) is 7.36. The molecule has 0 aliphatic rings. The van der Waals surface area contributed by atoms with Gasteiger partial charge in [0.15, 0.2) is 0 Å². The molecule has 0 aliphatic heterocycles. The van der Waals surface area contributed by atoms with E-state index in [4.69, 9.17) is 11.6 Å². The fourth-order valence-electron chi connectivity index (χ4n) is 2.01. The fraction of sp³-hybridized carbons (Fsp3) is 0.571. The van der Waals surface area contributed by atoms with Crippen molar-refractivity contribution < 1.29 is 0 Å². The Balaban J connectivity index is 2.35. The third kappa shape index (κ3) is 3.91. The number of rotatable bonds is 7. The Labute approximate surface area is 130 Å². The molecule has 0 saturated carbocycles. The second-order valence-corrected chi connectivity index (χ2v) is 5.30. The van der Waals surface area contributed by atoms with Gasteiger partial charge in [-0.25, -0.2) is 4.68 Å². The highest BCUT2D eigenvalue weighted by Crippen LogP contribution is 2.18. The zero-order valence-electron chi connectivity index (χ0n) is 12.7. The van der Waals surface area contributed by atoms with Gasteiger partial charge in [-0.15, -0.1) is 0 Å². The molecule has 0 amide bonds. The molecule has 2 rings (SSSR count). The van der Waals surface area contributed by atoms with Crippen LogP contribution in [0.2, 0.25) is 5.28 Å². The SMILES string of the molecule is CCCCN(c1nc(Cl)nc(-n2cccn2)n1)C(C)CC. The van der Waals surface area contributed by atoms with E-state index in [9.17, 15) is 0 Å². The molecular formula is C14H21ClN6. The van der Waals surface area contributed by atoms with Gasteiger partial charge in [0.05, 0.1) is 0 Å². The van der Waals surface area contributed by atoms with Crippen LogP contribution in [0.4, 0.5) is 5.95 Å². The van der Waals surface area contributed by atoms with Crippen molar-refractivity contribution in [2.75, 3.05) is 11.4 Å². The second-order valence-electron chi connectivity index (χ2n) is 4.96. The number of anilines is 1. The van der Waals surface area contributed by atoms with Gasteiger partial charge >= 0.3 is 0 Å². The lowest BCUT2D eigenvalue weighted by atomic mass is 10.2. The van der Waals surface area contributed by atoms with E-state index in [0.29, 0.717) is 17.9 Å². The molecule has 21 heavy (non-hydrogen) atoms. The van der Waals surface area contributed by atoms with E-state index in [2.05, 4.69) is 45.7 Å². The Kier molecular flexibility index (Phi) is 5.50. The van der Waals surface area contributed by atoms with E-state index in [0.717, 1.165) is 25.8 Å². The first-order chi connectivity index (χ1) is 10.2. The molecule has 0 N–H and O–H groups in total. The first kappa shape index (κ1) is 15.7. The summed E-state index contributed by atoms with van der Waals surface area (Å²) in [5.74, 6) is 1.06. The topological polar surface area (TPSA) is 59.7 Å². The maximum Gasteiger partial charge on any atom is 0.256 e. The lowest BCUT2D eigenvalue weighted by Crippen LogP contribution is -2.35. The molecule has 0 aliphatic carbocycles. The Morgan fingerprint density at radius 2 is 2.10 bits per heavy atom. The van der Waals surface area contributed by atoms with Crippen LogP contribution in [-0.2, 0) is 0 Å². The van der Waals surface area contributed by atoms with Crippen LogP contribution in [0.15, 0.2) is 18.5 Å². The van der Waals surface area contributed by atoms with Gasteiger partial charge in [-0.05, 0) is 37.4 Å². The number of nitrogens with zero attached hydrogens (tertiary/aromatic N) is 6. The number of hydrogen-bond donors (Lipinski definition) is 0. The first-order valence-electron chi connectivity index (χ1n) is 7.34. The predicted octanol–water partition coefficient (Wildman–Crippen LogP) is 3.12. The van der Waals surface area contributed by atoms with Crippen LogP contribution >= 0.6 is 11.6 Å². The number of unbranched alkanes of at least 4 members (excludes halogenated alkanes) is 1. The van der Waals surface area contributed by atoms with Crippen molar-refractivity contribution in [3.05, 3.63) is 23.7 Å². The molecule has 0 radical (unpaired) electrons. The van der Waals surface area contributed by atoms with Gasteiger partial charge < -0.3 is 4.90 Å². The molecule has 0 spiro atoms. The van der Waals surface area contributed by atoms with E-state index in [-0.39, 0.29) is 5.28 Å². The average molecular weight is 309 g/mol.